The van der Waals surface area contributed by atoms with Crippen molar-refractivity contribution in [2.24, 2.45) is 0 Å². The number of hydrogen-bond donors (Lipinski definition) is 1. The number of carbonyl (C=O) groups excluding carboxylic acids is 2. The van der Waals surface area contributed by atoms with Gasteiger partial charge in [-0.3, -0.25) is 9.59 Å². The Kier molecular flexibility index (Phi) is 5.71. The summed E-state index contributed by atoms with van der Waals surface area (Å²) in [4.78, 5) is 27.4. The molecule has 0 fully saturated rings. The van der Waals surface area contributed by atoms with Crippen LogP contribution in [0, 0.1) is 0 Å². The lowest BCUT2D eigenvalue weighted by Crippen LogP contribution is -2.30. The van der Waals surface area contributed by atoms with E-state index in [9.17, 15) is 9.59 Å². The third-order valence-corrected chi connectivity index (χ3v) is 5.17. The van der Waals surface area contributed by atoms with Gasteiger partial charge in [0.25, 0.3) is 11.8 Å². The highest BCUT2D eigenvalue weighted by Gasteiger charge is 2.20. The molecule has 26 heavy (non-hydrogen) atoms. The number of anilines is 1. The van der Waals surface area contributed by atoms with E-state index in [4.69, 9.17) is 11.6 Å². The Morgan fingerprint density at radius 1 is 1.04 bits per heavy atom. The average molecular weight is 385 g/mol. The van der Waals surface area contributed by atoms with Crippen molar-refractivity contribution < 1.29 is 9.59 Å². The SMILES string of the molecule is CN(C(=O)c1cccs1)c1ccccc1C(=O)NCc1ccccc1Cl. The molecule has 2 amide bonds. The van der Waals surface area contributed by atoms with Crippen LogP contribution < -0.4 is 10.2 Å². The second-order valence-corrected chi connectivity index (χ2v) is 6.99. The molecule has 0 saturated carbocycles. The third-order valence-electron chi connectivity index (χ3n) is 3.94. The summed E-state index contributed by atoms with van der Waals surface area (Å²) in [7, 11) is 1.67. The minimum absolute atomic E-state index is 0.147. The van der Waals surface area contributed by atoms with Gasteiger partial charge in [0.15, 0.2) is 0 Å². The monoisotopic (exact) mass is 384 g/mol. The van der Waals surface area contributed by atoms with Crippen molar-refractivity contribution >= 4 is 40.4 Å². The summed E-state index contributed by atoms with van der Waals surface area (Å²) in [5.41, 5.74) is 1.83. The molecule has 2 aromatic carbocycles. The quantitative estimate of drug-likeness (QED) is 0.698. The average Bonchev–Trinajstić information content (AvgIpc) is 3.20. The molecule has 6 heteroatoms. The molecule has 1 heterocycles. The van der Waals surface area contributed by atoms with Gasteiger partial charge in [0.05, 0.1) is 16.1 Å². The van der Waals surface area contributed by atoms with Crippen LogP contribution in [0.5, 0.6) is 0 Å². The van der Waals surface area contributed by atoms with E-state index in [2.05, 4.69) is 5.32 Å². The maximum Gasteiger partial charge on any atom is 0.268 e. The first-order valence-electron chi connectivity index (χ1n) is 8.00. The van der Waals surface area contributed by atoms with Gasteiger partial charge in [0.2, 0.25) is 0 Å². The Labute approximate surface area is 161 Å². The number of thiophene rings is 1. The van der Waals surface area contributed by atoms with Crippen molar-refractivity contribution in [2.75, 3.05) is 11.9 Å². The normalized spacial score (nSPS) is 10.4. The fraction of sp³-hybridized carbons (Fsp3) is 0.100. The summed E-state index contributed by atoms with van der Waals surface area (Å²) in [6, 6.07) is 18.0. The molecule has 1 aromatic heterocycles. The van der Waals surface area contributed by atoms with Gasteiger partial charge >= 0.3 is 0 Å². The first kappa shape index (κ1) is 18.2. The summed E-state index contributed by atoms with van der Waals surface area (Å²) < 4.78 is 0. The highest BCUT2D eigenvalue weighted by Crippen LogP contribution is 2.23. The Bertz CT molecular complexity index is 925. The lowest BCUT2D eigenvalue weighted by Gasteiger charge is -2.20. The number of rotatable bonds is 5. The molecule has 0 saturated heterocycles. The molecule has 0 aliphatic rings. The number of benzene rings is 2. The van der Waals surface area contributed by atoms with Gasteiger partial charge in [-0.15, -0.1) is 11.3 Å². The fourth-order valence-corrected chi connectivity index (χ4v) is 3.45. The first-order valence-corrected chi connectivity index (χ1v) is 9.26. The lowest BCUT2D eigenvalue weighted by atomic mass is 10.1. The number of nitrogens with one attached hydrogen (secondary N) is 1. The topological polar surface area (TPSA) is 49.4 Å². The molecular formula is C20H17ClN2O2S. The van der Waals surface area contributed by atoms with E-state index in [1.807, 2.05) is 29.6 Å². The number of carbonyl (C=O) groups is 2. The van der Waals surface area contributed by atoms with Crippen LogP contribution in [0.4, 0.5) is 5.69 Å². The van der Waals surface area contributed by atoms with Gasteiger partial charge in [-0.1, -0.05) is 48.0 Å². The molecular weight excluding hydrogens is 368 g/mol. The second-order valence-electron chi connectivity index (χ2n) is 5.63. The molecule has 3 rings (SSSR count). The van der Waals surface area contributed by atoms with Crippen molar-refractivity contribution in [2.45, 2.75) is 6.54 Å². The maximum absolute atomic E-state index is 12.7. The van der Waals surface area contributed by atoms with Crippen LogP contribution in [0.1, 0.15) is 25.6 Å². The molecule has 0 radical (unpaired) electrons. The molecule has 0 spiro atoms. The van der Waals surface area contributed by atoms with Crippen LogP contribution in [0.3, 0.4) is 0 Å². The Morgan fingerprint density at radius 2 is 1.77 bits per heavy atom. The van der Waals surface area contributed by atoms with E-state index in [0.29, 0.717) is 27.7 Å². The minimum atomic E-state index is -0.258. The number of amides is 2. The van der Waals surface area contributed by atoms with E-state index in [-0.39, 0.29) is 11.8 Å². The number of halogens is 1. The van der Waals surface area contributed by atoms with Crippen molar-refractivity contribution in [3.8, 4) is 0 Å². The van der Waals surface area contributed by atoms with Crippen LogP contribution in [0.15, 0.2) is 66.0 Å². The van der Waals surface area contributed by atoms with Gasteiger partial charge in [-0.05, 0) is 35.2 Å². The predicted octanol–water partition coefficient (Wildman–Crippen LogP) is 4.61. The lowest BCUT2D eigenvalue weighted by molar-refractivity contribution is 0.0951. The van der Waals surface area contributed by atoms with Gasteiger partial charge in [0.1, 0.15) is 0 Å². The molecule has 3 aromatic rings. The highest BCUT2D eigenvalue weighted by atomic mass is 35.5. The third kappa shape index (κ3) is 3.95. The predicted molar refractivity (Wildman–Crippen MR) is 106 cm³/mol. The van der Waals surface area contributed by atoms with Gasteiger partial charge in [-0.2, -0.15) is 0 Å². The summed E-state index contributed by atoms with van der Waals surface area (Å²) >= 11 is 7.50. The van der Waals surface area contributed by atoms with Gasteiger partial charge in [-0.25, -0.2) is 0 Å². The van der Waals surface area contributed by atoms with Gasteiger partial charge < -0.3 is 10.2 Å². The molecule has 0 aliphatic carbocycles. The highest BCUT2D eigenvalue weighted by molar-refractivity contribution is 7.12. The van der Waals surface area contributed by atoms with E-state index in [1.54, 1.807) is 43.4 Å². The van der Waals surface area contributed by atoms with E-state index < -0.39 is 0 Å². The molecule has 132 valence electrons. The number of para-hydroxylation sites is 1. The second kappa shape index (κ2) is 8.17. The zero-order valence-corrected chi connectivity index (χ0v) is 15.7. The van der Waals surface area contributed by atoms with Crippen LogP contribution in [-0.4, -0.2) is 18.9 Å². The van der Waals surface area contributed by atoms with Crippen LogP contribution in [0.2, 0.25) is 5.02 Å². The number of nitrogens with zero attached hydrogens (tertiary/aromatic N) is 1. The fourth-order valence-electron chi connectivity index (χ4n) is 2.55. The molecule has 0 unspecified atom stereocenters. The Balaban J connectivity index is 1.79. The van der Waals surface area contributed by atoms with Crippen molar-refractivity contribution in [3.63, 3.8) is 0 Å². The molecule has 0 bridgehead atoms. The van der Waals surface area contributed by atoms with Crippen molar-refractivity contribution in [3.05, 3.63) is 87.1 Å². The molecule has 0 aliphatic heterocycles. The van der Waals surface area contributed by atoms with Crippen LogP contribution in [0.25, 0.3) is 0 Å². The Morgan fingerprint density at radius 3 is 2.50 bits per heavy atom. The summed E-state index contributed by atoms with van der Waals surface area (Å²) in [5, 5.41) is 5.32. The van der Waals surface area contributed by atoms with Crippen molar-refractivity contribution in [1.82, 2.24) is 5.32 Å². The van der Waals surface area contributed by atoms with E-state index >= 15 is 0 Å². The molecule has 0 atom stereocenters. The first-order chi connectivity index (χ1) is 12.6. The number of hydrogen-bond acceptors (Lipinski definition) is 3. The zero-order valence-electron chi connectivity index (χ0n) is 14.1. The molecule has 1 N–H and O–H groups in total. The van der Waals surface area contributed by atoms with E-state index in [1.165, 1.54) is 16.2 Å². The summed E-state index contributed by atoms with van der Waals surface area (Å²) in [5.74, 6) is -0.405. The minimum Gasteiger partial charge on any atom is -0.348 e. The summed E-state index contributed by atoms with van der Waals surface area (Å²) in [6.45, 7) is 0.315. The van der Waals surface area contributed by atoms with Crippen LogP contribution in [-0.2, 0) is 6.54 Å². The summed E-state index contributed by atoms with van der Waals surface area (Å²) in [6.07, 6.45) is 0. The Hall–Kier alpha value is -2.63. The standard InChI is InChI=1S/C20H17ClN2O2S/c1-23(20(25)18-11-6-12-26-18)17-10-5-3-8-15(17)19(24)22-13-14-7-2-4-9-16(14)21/h2-12H,13H2,1H3,(H,22,24). The smallest absolute Gasteiger partial charge is 0.268 e. The maximum atomic E-state index is 12.7. The van der Waals surface area contributed by atoms with Crippen LogP contribution >= 0.6 is 22.9 Å². The van der Waals surface area contributed by atoms with E-state index in [0.717, 1.165) is 5.56 Å². The zero-order chi connectivity index (χ0) is 18.5. The van der Waals surface area contributed by atoms with Gasteiger partial charge in [0, 0.05) is 18.6 Å². The molecule has 4 nitrogen and oxygen atoms in total. The van der Waals surface area contributed by atoms with Crippen molar-refractivity contribution in [1.29, 1.82) is 0 Å². The largest absolute Gasteiger partial charge is 0.348 e.